The van der Waals surface area contributed by atoms with Crippen LogP contribution in [0.2, 0.25) is 0 Å². The molecule has 108 valence electrons. The Kier molecular flexibility index (Phi) is 2.19. The third-order valence-corrected chi connectivity index (χ3v) is 8.12. The summed E-state index contributed by atoms with van der Waals surface area (Å²) in [5.74, 6) is 5.12. The van der Waals surface area contributed by atoms with Gasteiger partial charge in [0, 0.05) is 0 Å². The summed E-state index contributed by atoms with van der Waals surface area (Å²) in [7, 11) is 0. The molecule has 0 aromatic rings. The number of hydrogen-bond acceptors (Lipinski definition) is 0. The third kappa shape index (κ3) is 1.34. The third-order valence-electron chi connectivity index (χ3n) is 8.12. The van der Waals surface area contributed by atoms with E-state index >= 15 is 0 Å². The van der Waals surface area contributed by atoms with Gasteiger partial charge in [0.05, 0.1) is 0 Å². The zero-order valence-corrected chi connectivity index (χ0v) is 13.1. The van der Waals surface area contributed by atoms with E-state index < -0.39 is 0 Å². The van der Waals surface area contributed by atoms with Crippen LogP contribution in [0.5, 0.6) is 0 Å². The molecule has 3 fully saturated rings. The Morgan fingerprint density at radius 3 is 3.00 bits per heavy atom. The van der Waals surface area contributed by atoms with Gasteiger partial charge in [0.15, 0.2) is 0 Å². The van der Waals surface area contributed by atoms with Gasteiger partial charge in [-0.2, -0.15) is 0 Å². The monoisotopic (exact) mass is 268 g/mol. The normalized spacial score (nSPS) is 59.1. The van der Waals surface area contributed by atoms with Gasteiger partial charge in [-0.15, -0.1) is 0 Å². The van der Waals surface area contributed by atoms with Gasteiger partial charge in [-0.05, 0) is 90.9 Å². The van der Waals surface area contributed by atoms with Crippen molar-refractivity contribution < 1.29 is 0 Å². The average Bonchev–Trinajstić information content (AvgIpc) is 3.09. The fraction of sp³-hybridized carbons (Fsp3) is 0.800. The Morgan fingerprint density at radius 1 is 1.20 bits per heavy atom. The zero-order chi connectivity index (χ0) is 13.5. The van der Waals surface area contributed by atoms with E-state index in [1.165, 1.54) is 32.1 Å². The Balaban J connectivity index is 1.59. The Morgan fingerprint density at radius 2 is 2.10 bits per heavy atom. The molecule has 0 heterocycles. The number of hydrogen-bond donors (Lipinski definition) is 0. The summed E-state index contributed by atoms with van der Waals surface area (Å²) < 4.78 is 0. The average molecular weight is 268 g/mol. The first-order valence-corrected chi connectivity index (χ1v) is 9.01. The number of allylic oxidation sites excluding steroid dienone is 4. The highest BCUT2D eigenvalue weighted by atomic mass is 14.7. The van der Waals surface area contributed by atoms with Crippen LogP contribution in [0.1, 0.15) is 58.8 Å². The van der Waals surface area contributed by atoms with Gasteiger partial charge in [-0.25, -0.2) is 0 Å². The lowest BCUT2D eigenvalue weighted by Crippen LogP contribution is -2.48. The molecule has 0 unspecified atom stereocenters. The molecule has 0 saturated heterocycles. The summed E-state index contributed by atoms with van der Waals surface area (Å²) in [4.78, 5) is 0. The smallest absolute Gasteiger partial charge is 0.00445 e. The molecule has 7 atom stereocenters. The molecule has 3 saturated carbocycles. The first-order chi connectivity index (χ1) is 9.62. The molecular formula is C20H28. The van der Waals surface area contributed by atoms with Crippen LogP contribution in [0.25, 0.3) is 0 Å². The zero-order valence-electron chi connectivity index (χ0n) is 13.1. The maximum absolute atomic E-state index is 2.66. The van der Waals surface area contributed by atoms with E-state index in [2.05, 4.69) is 32.1 Å². The SMILES string of the molecule is C[C@]12CC[C@H]3[C@@H](C=CC4=CCCC[C@@]43C)[C@@H]1[C@@H]1C[C@@H]1C2. The predicted octanol–water partition coefficient (Wildman–Crippen LogP) is 5.36. The van der Waals surface area contributed by atoms with Gasteiger partial charge >= 0.3 is 0 Å². The maximum atomic E-state index is 2.66. The van der Waals surface area contributed by atoms with Crippen molar-refractivity contribution in [2.45, 2.75) is 58.8 Å². The van der Waals surface area contributed by atoms with Crippen molar-refractivity contribution in [3.05, 3.63) is 23.8 Å². The predicted molar refractivity (Wildman–Crippen MR) is 83.2 cm³/mol. The van der Waals surface area contributed by atoms with Gasteiger partial charge in [-0.3, -0.25) is 0 Å². The van der Waals surface area contributed by atoms with Crippen LogP contribution in [-0.4, -0.2) is 0 Å². The van der Waals surface area contributed by atoms with E-state index in [1.807, 2.05) is 0 Å². The van der Waals surface area contributed by atoms with Gasteiger partial charge in [-0.1, -0.05) is 32.1 Å². The van der Waals surface area contributed by atoms with Gasteiger partial charge in [0.25, 0.3) is 0 Å². The molecule has 0 aromatic heterocycles. The van der Waals surface area contributed by atoms with Crippen molar-refractivity contribution in [3.8, 4) is 0 Å². The number of fused-ring (bicyclic) bond motifs is 7. The van der Waals surface area contributed by atoms with Crippen LogP contribution < -0.4 is 0 Å². The minimum Gasteiger partial charge on any atom is -0.0808 e. The Labute approximate surface area is 123 Å². The van der Waals surface area contributed by atoms with Crippen molar-refractivity contribution >= 4 is 0 Å². The molecule has 0 nitrogen and oxygen atoms in total. The second kappa shape index (κ2) is 3.62. The van der Waals surface area contributed by atoms with Crippen molar-refractivity contribution in [1.82, 2.24) is 0 Å². The molecule has 0 amide bonds. The fourth-order valence-electron chi connectivity index (χ4n) is 7.12. The summed E-state index contributed by atoms with van der Waals surface area (Å²) in [6.45, 7) is 5.23. The van der Waals surface area contributed by atoms with Crippen LogP contribution in [-0.2, 0) is 0 Å². The van der Waals surface area contributed by atoms with E-state index in [1.54, 1.807) is 18.4 Å². The van der Waals surface area contributed by atoms with Crippen molar-refractivity contribution in [2.24, 2.45) is 40.4 Å². The van der Waals surface area contributed by atoms with Gasteiger partial charge < -0.3 is 0 Å². The lowest BCUT2D eigenvalue weighted by atomic mass is 9.49. The molecular weight excluding hydrogens is 240 g/mol. The topological polar surface area (TPSA) is 0 Å². The molecule has 5 aliphatic carbocycles. The standard InChI is InChI=1S/C20H28/c1-19-10-8-17-15(18(19)16-11-13(16)12-19)7-6-14-5-3-4-9-20(14,17)2/h5-7,13,15-18H,3-4,8-12H2,1-2H3/t13-,15-,16-,17+,18-,19-,20+/m1/s1. The molecule has 0 aliphatic heterocycles. The molecule has 0 aromatic carbocycles. The first kappa shape index (κ1) is 12.1. The Bertz CT molecular complexity index is 512. The lowest BCUT2D eigenvalue weighted by molar-refractivity contribution is -0.00944. The van der Waals surface area contributed by atoms with E-state index in [4.69, 9.17) is 0 Å². The Hall–Kier alpha value is -0.520. The summed E-state index contributed by atoms with van der Waals surface area (Å²) in [5.41, 5.74) is 2.91. The van der Waals surface area contributed by atoms with Gasteiger partial charge in [0.1, 0.15) is 0 Å². The summed E-state index contributed by atoms with van der Waals surface area (Å²) in [6.07, 6.45) is 18.1. The second-order valence-electron chi connectivity index (χ2n) is 9.09. The largest absolute Gasteiger partial charge is 0.0808 e. The summed E-state index contributed by atoms with van der Waals surface area (Å²) in [6, 6.07) is 0. The van der Waals surface area contributed by atoms with E-state index in [-0.39, 0.29) is 0 Å². The molecule has 20 heavy (non-hydrogen) atoms. The van der Waals surface area contributed by atoms with E-state index in [0.717, 1.165) is 29.6 Å². The highest BCUT2D eigenvalue weighted by Gasteiger charge is 2.64. The molecule has 0 N–H and O–H groups in total. The molecule has 0 spiro atoms. The summed E-state index contributed by atoms with van der Waals surface area (Å²) >= 11 is 0. The van der Waals surface area contributed by atoms with Crippen molar-refractivity contribution in [2.75, 3.05) is 0 Å². The molecule has 0 radical (unpaired) electrons. The van der Waals surface area contributed by atoms with E-state index in [0.29, 0.717) is 10.8 Å². The van der Waals surface area contributed by atoms with Crippen LogP contribution >= 0.6 is 0 Å². The van der Waals surface area contributed by atoms with Crippen molar-refractivity contribution in [1.29, 1.82) is 0 Å². The molecule has 0 heteroatoms. The van der Waals surface area contributed by atoms with Crippen LogP contribution in [0.4, 0.5) is 0 Å². The highest BCUT2D eigenvalue weighted by molar-refractivity contribution is 5.35. The summed E-state index contributed by atoms with van der Waals surface area (Å²) in [5, 5.41) is 0. The fourth-order valence-corrected chi connectivity index (χ4v) is 7.12. The van der Waals surface area contributed by atoms with Crippen LogP contribution in [0.15, 0.2) is 23.8 Å². The number of rotatable bonds is 0. The van der Waals surface area contributed by atoms with Crippen molar-refractivity contribution in [3.63, 3.8) is 0 Å². The minimum atomic E-state index is 0.520. The van der Waals surface area contributed by atoms with Gasteiger partial charge in [0.2, 0.25) is 0 Å². The molecule has 5 rings (SSSR count). The van der Waals surface area contributed by atoms with Crippen LogP contribution in [0, 0.1) is 40.4 Å². The molecule has 0 bridgehead atoms. The second-order valence-corrected chi connectivity index (χ2v) is 9.09. The minimum absolute atomic E-state index is 0.520. The van der Waals surface area contributed by atoms with Crippen LogP contribution in [0.3, 0.4) is 0 Å². The first-order valence-electron chi connectivity index (χ1n) is 9.01. The van der Waals surface area contributed by atoms with E-state index in [9.17, 15) is 0 Å². The highest BCUT2D eigenvalue weighted by Crippen LogP contribution is 2.72. The quantitative estimate of drug-likeness (QED) is 0.554. The lowest BCUT2D eigenvalue weighted by Gasteiger charge is -2.56. The maximum Gasteiger partial charge on any atom is -0.00445 e. The molecule has 5 aliphatic rings.